The number of carbonyl (C=O) groups is 3. The summed E-state index contributed by atoms with van der Waals surface area (Å²) in [4.78, 5) is 36.9. The Morgan fingerprint density at radius 1 is 0.844 bits per heavy atom. The fraction of sp³-hybridized carbons (Fsp3) is 0.115. The molecule has 3 N–H and O–H groups in total. The van der Waals surface area contributed by atoms with Gasteiger partial charge in [-0.2, -0.15) is 0 Å². The van der Waals surface area contributed by atoms with E-state index in [0.29, 0.717) is 0 Å². The van der Waals surface area contributed by atoms with Gasteiger partial charge in [0.2, 0.25) is 5.91 Å². The molecule has 0 saturated heterocycles. The molecule has 0 aliphatic heterocycles. The second kappa shape index (κ2) is 8.89. The van der Waals surface area contributed by atoms with Crippen molar-refractivity contribution in [2.75, 3.05) is 7.11 Å². The molecule has 6 nitrogen and oxygen atoms in total. The molecule has 1 atom stereocenters. The van der Waals surface area contributed by atoms with Crippen LogP contribution in [0.5, 0.6) is 0 Å². The molecule has 0 fully saturated rings. The summed E-state index contributed by atoms with van der Waals surface area (Å²) in [5, 5.41) is 6.81. The van der Waals surface area contributed by atoms with Crippen LogP contribution in [0.2, 0.25) is 0 Å². The van der Waals surface area contributed by atoms with Crippen LogP contribution >= 0.6 is 0 Å². The first kappa shape index (κ1) is 21.1. The number of fused-ring (bicyclic) bond motifs is 2. The second-order valence-corrected chi connectivity index (χ2v) is 7.50. The molecule has 0 unspecified atom stereocenters. The van der Waals surface area contributed by atoms with E-state index in [1.165, 1.54) is 13.2 Å². The summed E-state index contributed by atoms with van der Waals surface area (Å²) in [6.45, 7) is 0. The number of methoxy groups -OCH3 is 1. The average molecular weight is 426 g/mol. The third kappa shape index (κ3) is 4.16. The van der Waals surface area contributed by atoms with Crippen molar-refractivity contribution >= 4 is 39.3 Å². The largest absolute Gasteiger partial charge is 0.465 e. The van der Waals surface area contributed by atoms with Gasteiger partial charge in [0.1, 0.15) is 6.04 Å². The molecule has 0 bridgehead atoms. The lowest BCUT2D eigenvalue weighted by atomic mass is 9.92. The van der Waals surface area contributed by atoms with Crippen molar-refractivity contribution in [1.29, 1.82) is 0 Å². The number of rotatable bonds is 6. The van der Waals surface area contributed by atoms with Crippen LogP contribution in [0.25, 0.3) is 21.5 Å². The maximum absolute atomic E-state index is 12.9. The van der Waals surface area contributed by atoms with Crippen LogP contribution in [0.3, 0.4) is 0 Å². The number of nitrogens with two attached hydrogens (primary N) is 1. The smallest absolute Gasteiger partial charge is 0.337 e. The summed E-state index contributed by atoms with van der Waals surface area (Å²) >= 11 is 0. The summed E-state index contributed by atoms with van der Waals surface area (Å²) in [6.07, 6.45) is 0.236. The topological polar surface area (TPSA) is 98.5 Å². The summed E-state index contributed by atoms with van der Waals surface area (Å²) < 4.78 is 4.71. The molecule has 4 rings (SSSR count). The predicted octanol–water partition coefficient (Wildman–Crippen LogP) is 3.61. The Labute approximate surface area is 185 Å². The lowest BCUT2D eigenvalue weighted by Crippen LogP contribution is -2.46. The molecule has 6 heteroatoms. The molecule has 0 saturated carbocycles. The van der Waals surface area contributed by atoms with Crippen molar-refractivity contribution < 1.29 is 19.1 Å². The minimum Gasteiger partial charge on any atom is -0.465 e. The molecule has 2 amide bonds. The lowest BCUT2D eigenvalue weighted by molar-refractivity contribution is -0.119. The van der Waals surface area contributed by atoms with Crippen LogP contribution in [-0.4, -0.2) is 30.9 Å². The number of amides is 2. The Morgan fingerprint density at radius 2 is 1.44 bits per heavy atom. The summed E-state index contributed by atoms with van der Waals surface area (Å²) in [5.74, 6) is -1.68. The molecule has 0 radical (unpaired) electrons. The minimum absolute atomic E-state index is 0.236. The molecule has 0 heterocycles. The Bertz CT molecular complexity index is 1290. The molecule has 4 aromatic rings. The quantitative estimate of drug-likeness (QED) is 0.363. The highest BCUT2D eigenvalue weighted by Crippen LogP contribution is 2.29. The van der Waals surface area contributed by atoms with E-state index >= 15 is 0 Å². The van der Waals surface area contributed by atoms with Crippen molar-refractivity contribution in [2.45, 2.75) is 12.5 Å². The first-order valence-corrected chi connectivity index (χ1v) is 10.2. The molecular weight excluding hydrogens is 404 g/mol. The van der Waals surface area contributed by atoms with Crippen LogP contribution in [-0.2, 0) is 16.0 Å². The SMILES string of the molecule is COC(=O)c1cccc(C(=O)N[C@H](Cc2c3ccccc3cc3ccccc23)C(N)=O)c1. The number of esters is 1. The Hall–Kier alpha value is -4.19. The molecule has 0 aromatic heterocycles. The van der Waals surface area contributed by atoms with Crippen molar-refractivity contribution in [1.82, 2.24) is 5.32 Å². The van der Waals surface area contributed by atoms with E-state index in [4.69, 9.17) is 10.5 Å². The van der Waals surface area contributed by atoms with Crippen molar-refractivity contribution in [3.63, 3.8) is 0 Å². The predicted molar refractivity (Wildman–Crippen MR) is 123 cm³/mol. The number of hydrogen-bond donors (Lipinski definition) is 2. The van der Waals surface area contributed by atoms with Gasteiger partial charge in [0, 0.05) is 12.0 Å². The van der Waals surface area contributed by atoms with Gasteiger partial charge in [-0.3, -0.25) is 9.59 Å². The highest BCUT2D eigenvalue weighted by atomic mass is 16.5. The first-order chi connectivity index (χ1) is 15.5. The maximum Gasteiger partial charge on any atom is 0.337 e. The number of hydrogen-bond acceptors (Lipinski definition) is 4. The Balaban J connectivity index is 1.69. The molecule has 0 aliphatic rings. The molecule has 4 aromatic carbocycles. The van der Waals surface area contributed by atoms with Crippen LogP contribution in [0.1, 0.15) is 26.3 Å². The molecule has 0 aliphatic carbocycles. The fourth-order valence-electron chi connectivity index (χ4n) is 3.90. The minimum atomic E-state index is -0.932. The van der Waals surface area contributed by atoms with E-state index in [9.17, 15) is 14.4 Å². The normalized spacial score (nSPS) is 11.8. The number of primary amides is 1. The molecule has 32 heavy (non-hydrogen) atoms. The van der Waals surface area contributed by atoms with Gasteiger partial charge in [0.15, 0.2) is 0 Å². The standard InChI is InChI=1S/C26H22N2O4/c1-32-26(31)19-10-6-9-18(14-19)25(30)28-23(24(27)29)15-22-20-11-4-2-7-16(20)13-17-8-3-5-12-21(17)22/h2-14,23H,15H2,1H3,(H2,27,29)(H,28,30)/t23-/m1/s1. The third-order valence-corrected chi connectivity index (χ3v) is 5.49. The summed E-state index contributed by atoms with van der Waals surface area (Å²) in [6, 6.07) is 23.1. The lowest BCUT2D eigenvalue weighted by Gasteiger charge is -2.19. The van der Waals surface area contributed by atoms with Gasteiger partial charge in [0.25, 0.3) is 5.91 Å². The Morgan fingerprint density at radius 3 is 2.03 bits per heavy atom. The van der Waals surface area contributed by atoms with Crippen LogP contribution in [0.15, 0.2) is 78.9 Å². The van der Waals surface area contributed by atoms with Gasteiger partial charge in [-0.05, 0) is 51.4 Å². The zero-order valence-corrected chi connectivity index (χ0v) is 17.5. The fourth-order valence-corrected chi connectivity index (χ4v) is 3.90. The highest BCUT2D eigenvalue weighted by Gasteiger charge is 2.22. The van der Waals surface area contributed by atoms with E-state index in [1.807, 2.05) is 48.5 Å². The van der Waals surface area contributed by atoms with Crippen molar-refractivity contribution in [3.05, 3.63) is 95.6 Å². The molecule has 160 valence electrons. The van der Waals surface area contributed by atoms with E-state index in [0.717, 1.165) is 27.1 Å². The number of carbonyl (C=O) groups excluding carboxylic acids is 3. The monoisotopic (exact) mass is 426 g/mol. The van der Waals surface area contributed by atoms with E-state index < -0.39 is 23.8 Å². The molecular formula is C26H22N2O4. The van der Waals surface area contributed by atoms with Gasteiger partial charge in [-0.25, -0.2) is 4.79 Å². The summed E-state index contributed by atoms with van der Waals surface area (Å²) in [5.41, 5.74) is 7.09. The van der Waals surface area contributed by atoms with E-state index in [1.54, 1.807) is 18.2 Å². The zero-order chi connectivity index (χ0) is 22.7. The second-order valence-electron chi connectivity index (χ2n) is 7.50. The van der Waals surface area contributed by atoms with Crippen LogP contribution in [0.4, 0.5) is 0 Å². The van der Waals surface area contributed by atoms with Gasteiger partial charge in [0.05, 0.1) is 12.7 Å². The number of benzene rings is 4. The maximum atomic E-state index is 12.9. The van der Waals surface area contributed by atoms with Gasteiger partial charge in [-0.1, -0.05) is 54.6 Å². The summed E-state index contributed by atoms with van der Waals surface area (Å²) in [7, 11) is 1.27. The first-order valence-electron chi connectivity index (χ1n) is 10.2. The highest BCUT2D eigenvalue weighted by molar-refractivity contribution is 6.03. The zero-order valence-electron chi connectivity index (χ0n) is 17.5. The third-order valence-electron chi connectivity index (χ3n) is 5.49. The van der Waals surface area contributed by atoms with Gasteiger partial charge < -0.3 is 15.8 Å². The molecule has 0 spiro atoms. The van der Waals surface area contributed by atoms with E-state index in [-0.39, 0.29) is 17.5 Å². The van der Waals surface area contributed by atoms with Crippen molar-refractivity contribution in [3.8, 4) is 0 Å². The number of nitrogens with one attached hydrogen (secondary N) is 1. The average Bonchev–Trinajstić information content (AvgIpc) is 2.82. The van der Waals surface area contributed by atoms with Crippen LogP contribution in [0, 0.1) is 0 Å². The van der Waals surface area contributed by atoms with Crippen LogP contribution < -0.4 is 11.1 Å². The van der Waals surface area contributed by atoms with Crippen molar-refractivity contribution in [2.24, 2.45) is 5.73 Å². The number of ether oxygens (including phenoxy) is 1. The van der Waals surface area contributed by atoms with Gasteiger partial charge >= 0.3 is 5.97 Å². The Kier molecular flexibility index (Phi) is 5.85. The van der Waals surface area contributed by atoms with E-state index in [2.05, 4.69) is 11.4 Å². The van der Waals surface area contributed by atoms with Gasteiger partial charge in [-0.15, -0.1) is 0 Å².